The van der Waals surface area contributed by atoms with Gasteiger partial charge in [-0.2, -0.15) is 0 Å². The molecule has 0 radical (unpaired) electrons. The molecule has 0 nitrogen and oxygen atoms in total. The lowest BCUT2D eigenvalue weighted by Gasteiger charge is -2.12. The van der Waals surface area contributed by atoms with E-state index < -0.39 is 0 Å². The third kappa shape index (κ3) is 6.83. The zero-order valence-corrected chi connectivity index (χ0v) is 16.2. The lowest BCUT2D eigenvalue weighted by Crippen LogP contribution is -1.91. The molecule has 0 aromatic heterocycles. The summed E-state index contributed by atoms with van der Waals surface area (Å²) >= 11 is 0. The van der Waals surface area contributed by atoms with Crippen LogP contribution in [0.5, 0.6) is 0 Å². The molecule has 0 saturated heterocycles. The third-order valence-corrected chi connectivity index (χ3v) is 3.51. The summed E-state index contributed by atoms with van der Waals surface area (Å²) in [5, 5.41) is 0. The van der Waals surface area contributed by atoms with E-state index in [1.165, 1.54) is 27.8 Å². The highest BCUT2D eigenvalue weighted by atomic mass is 14.1. The fourth-order valence-corrected chi connectivity index (χ4v) is 2.09. The Balaban J connectivity index is 0.00000254. The summed E-state index contributed by atoms with van der Waals surface area (Å²) in [6.45, 7) is 24.2. The van der Waals surface area contributed by atoms with E-state index in [1.54, 1.807) is 6.08 Å². The minimum atomic E-state index is 0.903. The van der Waals surface area contributed by atoms with Crippen molar-refractivity contribution in [3.8, 4) is 0 Å². The van der Waals surface area contributed by atoms with Crippen LogP contribution in [0.25, 0.3) is 5.57 Å². The van der Waals surface area contributed by atoms with Crippen molar-refractivity contribution in [3.63, 3.8) is 0 Å². The minimum Gasteiger partial charge on any atom is -0.0985 e. The third-order valence-electron chi connectivity index (χ3n) is 3.51. The number of hydrogen-bond acceptors (Lipinski definition) is 0. The maximum absolute atomic E-state index is 4.15. The van der Waals surface area contributed by atoms with Crippen molar-refractivity contribution in [2.75, 3.05) is 0 Å². The van der Waals surface area contributed by atoms with Crippen molar-refractivity contribution in [2.24, 2.45) is 0 Å². The number of allylic oxidation sites excluding steroid dienone is 9. The van der Waals surface area contributed by atoms with Crippen molar-refractivity contribution in [3.05, 3.63) is 102 Å². The first-order valence-corrected chi connectivity index (χ1v) is 8.47. The second kappa shape index (κ2) is 11.2. The van der Waals surface area contributed by atoms with E-state index in [0.29, 0.717) is 0 Å². The van der Waals surface area contributed by atoms with Gasteiger partial charge in [-0.25, -0.2) is 0 Å². The molecule has 24 heavy (non-hydrogen) atoms. The Morgan fingerprint density at radius 2 is 1.54 bits per heavy atom. The minimum absolute atomic E-state index is 0.903. The van der Waals surface area contributed by atoms with Crippen molar-refractivity contribution in [2.45, 2.75) is 41.5 Å². The standard InChI is InChI=1S/C22H26.C2H6/c1-8-18(6)13-14-20(16(2)3)15-22(17(4)5)21-12-10-9-11-19(21)7;1-2/h8-15H,1,4,6H2,2-3,5,7H3;1-2H3/b14-13-,22-15+;. The highest BCUT2D eigenvalue weighted by Gasteiger charge is 2.06. The molecule has 0 fully saturated rings. The molecule has 0 saturated carbocycles. The predicted octanol–water partition coefficient (Wildman–Crippen LogP) is 7.62. The van der Waals surface area contributed by atoms with Gasteiger partial charge in [-0.15, -0.1) is 0 Å². The topological polar surface area (TPSA) is 0 Å². The van der Waals surface area contributed by atoms with E-state index in [4.69, 9.17) is 0 Å². The monoisotopic (exact) mass is 320 g/mol. The van der Waals surface area contributed by atoms with E-state index in [2.05, 4.69) is 76.9 Å². The van der Waals surface area contributed by atoms with Crippen LogP contribution in [0.1, 0.15) is 45.7 Å². The van der Waals surface area contributed by atoms with Crippen LogP contribution in [0.2, 0.25) is 0 Å². The summed E-state index contributed by atoms with van der Waals surface area (Å²) in [5.41, 5.74) is 8.03. The molecule has 0 N–H and O–H groups in total. The van der Waals surface area contributed by atoms with Crippen LogP contribution in [0, 0.1) is 6.92 Å². The van der Waals surface area contributed by atoms with Crippen molar-refractivity contribution >= 4 is 5.57 Å². The zero-order chi connectivity index (χ0) is 18.7. The molecule has 0 heterocycles. The van der Waals surface area contributed by atoms with Gasteiger partial charge in [-0.1, -0.05) is 87.2 Å². The Morgan fingerprint density at radius 3 is 2.00 bits per heavy atom. The first-order chi connectivity index (χ1) is 11.4. The number of aryl methyl sites for hydroxylation is 1. The van der Waals surface area contributed by atoms with Gasteiger partial charge in [-0.3, -0.25) is 0 Å². The normalized spacial score (nSPS) is 10.7. The Labute approximate surface area is 149 Å². The summed E-state index contributed by atoms with van der Waals surface area (Å²) in [7, 11) is 0. The van der Waals surface area contributed by atoms with Gasteiger partial charge in [0.25, 0.3) is 0 Å². The van der Waals surface area contributed by atoms with Crippen LogP contribution in [0.3, 0.4) is 0 Å². The van der Waals surface area contributed by atoms with Gasteiger partial charge in [0.1, 0.15) is 0 Å². The second-order valence-electron chi connectivity index (χ2n) is 5.72. The highest BCUT2D eigenvalue weighted by molar-refractivity contribution is 5.81. The van der Waals surface area contributed by atoms with E-state index >= 15 is 0 Å². The first-order valence-electron chi connectivity index (χ1n) is 8.47. The molecule has 1 aromatic rings. The Kier molecular flexibility index (Phi) is 10.1. The Bertz CT molecular complexity index is 672. The SMILES string of the molecule is C=CC(=C)/C=C\C(/C=C(\C(=C)C)c1ccccc1C)=C(C)C.CC. The molecule has 1 rings (SSSR count). The maximum Gasteiger partial charge on any atom is -0.0152 e. The first kappa shape index (κ1) is 21.7. The van der Waals surface area contributed by atoms with Gasteiger partial charge in [0.05, 0.1) is 0 Å². The highest BCUT2D eigenvalue weighted by Crippen LogP contribution is 2.27. The molecule has 0 heteroatoms. The molecule has 0 unspecified atom stereocenters. The summed E-state index contributed by atoms with van der Waals surface area (Å²) in [5.74, 6) is 0. The zero-order valence-electron chi connectivity index (χ0n) is 16.2. The molecular formula is C24H32. The predicted molar refractivity (Wildman–Crippen MR) is 112 cm³/mol. The van der Waals surface area contributed by atoms with Crippen LogP contribution in [0.15, 0.2) is 90.6 Å². The summed E-state index contributed by atoms with van der Waals surface area (Å²) in [6, 6.07) is 8.40. The molecule has 0 aliphatic carbocycles. The van der Waals surface area contributed by atoms with E-state index in [-0.39, 0.29) is 0 Å². The average molecular weight is 321 g/mol. The molecule has 128 valence electrons. The molecule has 0 atom stereocenters. The summed E-state index contributed by atoms with van der Waals surface area (Å²) in [6.07, 6.45) is 8.02. The van der Waals surface area contributed by atoms with Gasteiger partial charge in [0, 0.05) is 0 Å². The van der Waals surface area contributed by atoms with E-state index in [9.17, 15) is 0 Å². The molecule has 0 bridgehead atoms. The number of benzene rings is 1. The van der Waals surface area contributed by atoms with Gasteiger partial charge < -0.3 is 0 Å². The van der Waals surface area contributed by atoms with Crippen molar-refractivity contribution < 1.29 is 0 Å². The van der Waals surface area contributed by atoms with Crippen LogP contribution >= 0.6 is 0 Å². The average Bonchev–Trinajstić information content (AvgIpc) is 2.56. The van der Waals surface area contributed by atoms with Gasteiger partial charge in [0.15, 0.2) is 0 Å². The van der Waals surface area contributed by atoms with E-state index in [0.717, 1.165) is 11.1 Å². The van der Waals surface area contributed by atoms with Crippen LogP contribution in [-0.2, 0) is 0 Å². The molecule has 0 aliphatic heterocycles. The largest absolute Gasteiger partial charge is 0.0985 e. The lowest BCUT2D eigenvalue weighted by atomic mass is 9.93. The molecule has 0 amide bonds. The van der Waals surface area contributed by atoms with E-state index in [1.807, 2.05) is 26.8 Å². The fraction of sp³-hybridized carbons (Fsp3) is 0.250. The van der Waals surface area contributed by atoms with Crippen molar-refractivity contribution in [1.29, 1.82) is 0 Å². The maximum atomic E-state index is 4.15. The quantitative estimate of drug-likeness (QED) is 0.473. The number of hydrogen-bond donors (Lipinski definition) is 0. The van der Waals surface area contributed by atoms with Gasteiger partial charge >= 0.3 is 0 Å². The second-order valence-corrected chi connectivity index (χ2v) is 5.72. The summed E-state index contributed by atoms with van der Waals surface area (Å²) < 4.78 is 0. The molecule has 0 spiro atoms. The Hall–Kier alpha value is -2.34. The van der Waals surface area contributed by atoms with Crippen LogP contribution in [-0.4, -0.2) is 0 Å². The van der Waals surface area contributed by atoms with Gasteiger partial charge in [-0.05, 0) is 61.6 Å². The summed E-state index contributed by atoms with van der Waals surface area (Å²) in [4.78, 5) is 0. The molecule has 1 aromatic carbocycles. The smallest absolute Gasteiger partial charge is 0.0152 e. The van der Waals surface area contributed by atoms with Crippen molar-refractivity contribution in [1.82, 2.24) is 0 Å². The Morgan fingerprint density at radius 1 is 0.958 bits per heavy atom. The molecule has 0 aliphatic rings. The van der Waals surface area contributed by atoms with Crippen LogP contribution in [0.4, 0.5) is 0 Å². The van der Waals surface area contributed by atoms with Crippen LogP contribution < -0.4 is 0 Å². The van der Waals surface area contributed by atoms with Gasteiger partial charge in [0.2, 0.25) is 0 Å². The lowest BCUT2D eigenvalue weighted by molar-refractivity contribution is 1.33. The fourth-order valence-electron chi connectivity index (χ4n) is 2.09. The number of rotatable bonds is 6. The molecular weight excluding hydrogens is 288 g/mol.